The monoisotopic (exact) mass is 515 g/mol. The number of rotatable bonds is 8. The van der Waals surface area contributed by atoms with Crippen molar-refractivity contribution in [2.75, 3.05) is 4.90 Å². The van der Waals surface area contributed by atoms with Crippen LogP contribution in [0.1, 0.15) is 34.5 Å². The fraction of sp³-hybridized carbons (Fsp3) is 0.207. The number of nitrogens with one attached hydrogen (secondary N) is 2. The average Bonchev–Trinajstić information content (AvgIpc) is 3.47. The number of aliphatic carboxylic acids is 1. The normalized spacial score (nSPS) is 15.4. The first-order valence-corrected chi connectivity index (χ1v) is 12.5. The van der Waals surface area contributed by atoms with Gasteiger partial charge >= 0.3 is 5.97 Å². The Morgan fingerprint density at radius 3 is 2.57 bits per heavy atom. The fourth-order valence-electron chi connectivity index (χ4n) is 4.97. The second-order valence-corrected chi connectivity index (χ2v) is 9.69. The second kappa shape index (κ2) is 10.5. The van der Waals surface area contributed by atoms with Crippen molar-refractivity contribution >= 4 is 46.0 Å². The first kappa shape index (κ1) is 24.6. The molecule has 1 unspecified atom stereocenters. The summed E-state index contributed by atoms with van der Waals surface area (Å²) in [6.07, 6.45) is 1.21. The highest BCUT2D eigenvalue weighted by Gasteiger charge is 2.38. The number of carbonyl (C=O) groups is 3. The van der Waals surface area contributed by atoms with Gasteiger partial charge in [0, 0.05) is 21.6 Å². The third-order valence-electron chi connectivity index (χ3n) is 6.71. The number of fused-ring (bicyclic) bond motifs is 2. The highest BCUT2D eigenvalue weighted by molar-refractivity contribution is 6.31. The molecule has 2 atom stereocenters. The Morgan fingerprint density at radius 2 is 1.78 bits per heavy atom. The van der Waals surface area contributed by atoms with E-state index in [-0.39, 0.29) is 12.3 Å². The zero-order valence-electron chi connectivity index (χ0n) is 20.0. The SMILES string of the molecule is O=C(O)C[C@H]1Cc2ccccc2N1C(=O)C(CCc1ccccc1)NC(=O)c1cc2cc(Cl)ccc2[nH]1. The summed E-state index contributed by atoms with van der Waals surface area (Å²) in [5, 5.41) is 13.8. The van der Waals surface area contributed by atoms with Crippen molar-refractivity contribution in [3.63, 3.8) is 0 Å². The summed E-state index contributed by atoms with van der Waals surface area (Å²) in [6, 6.07) is 22.8. The number of hydrogen-bond acceptors (Lipinski definition) is 3. The molecule has 0 radical (unpaired) electrons. The molecule has 0 aliphatic carbocycles. The molecular formula is C29H26ClN3O4. The van der Waals surface area contributed by atoms with Gasteiger partial charge in [0.25, 0.3) is 5.91 Å². The van der Waals surface area contributed by atoms with Crippen LogP contribution in [0, 0.1) is 0 Å². The number of carboxylic acid groups (broad SMARTS) is 1. The Bertz CT molecular complexity index is 1470. The zero-order chi connectivity index (χ0) is 25.9. The van der Waals surface area contributed by atoms with Crippen LogP contribution in [0.3, 0.4) is 0 Å². The van der Waals surface area contributed by atoms with Crippen molar-refractivity contribution in [1.29, 1.82) is 0 Å². The van der Waals surface area contributed by atoms with E-state index in [0.717, 1.165) is 22.0 Å². The molecule has 0 saturated heterocycles. The van der Waals surface area contributed by atoms with Gasteiger partial charge in [-0.3, -0.25) is 14.4 Å². The molecule has 3 N–H and O–H groups in total. The molecule has 37 heavy (non-hydrogen) atoms. The van der Waals surface area contributed by atoms with Gasteiger partial charge in [-0.25, -0.2) is 0 Å². The van der Waals surface area contributed by atoms with Gasteiger partial charge in [0.2, 0.25) is 5.91 Å². The highest BCUT2D eigenvalue weighted by Crippen LogP contribution is 2.34. The molecule has 7 nitrogen and oxygen atoms in total. The molecule has 3 aromatic carbocycles. The number of para-hydroxylation sites is 1. The van der Waals surface area contributed by atoms with Crippen molar-refractivity contribution in [2.24, 2.45) is 0 Å². The maximum Gasteiger partial charge on any atom is 0.305 e. The minimum atomic E-state index is -0.975. The summed E-state index contributed by atoms with van der Waals surface area (Å²) < 4.78 is 0. The number of halogens is 1. The molecule has 0 spiro atoms. The van der Waals surface area contributed by atoms with Gasteiger partial charge in [-0.15, -0.1) is 0 Å². The Balaban J connectivity index is 1.44. The Hall–Kier alpha value is -4.10. The Labute approximate surface area is 219 Å². The molecule has 0 bridgehead atoms. The minimum absolute atomic E-state index is 0.178. The molecule has 2 heterocycles. The van der Waals surface area contributed by atoms with Crippen LogP contribution in [0.25, 0.3) is 10.9 Å². The maximum atomic E-state index is 14.0. The number of carboxylic acids is 1. The number of H-pyrrole nitrogens is 1. The van der Waals surface area contributed by atoms with Gasteiger partial charge in [0.05, 0.1) is 12.5 Å². The van der Waals surface area contributed by atoms with Gasteiger partial charge in [-0.1, -0.05) is 60.1 Å². The third-order valence-corrected chi connectivity index (χ3v) is 6.95. The summed E-state index contributed by atoms with van der Waals surface area (Å²) in [4.78, 5) is 43.6. The first-order valence-electron chi connectivity index (χ1n) is 12.1. The number of benzene rings is 3. The molecule has 5 rings (SSSR count). The van der Waals surface area contributed by atoms with E-state index in [4.69, 9.17) is 11.6 Å². The van der Waals surface area contributed by atoms with Crippen molar-refractivity contribution in [2.45, 2.75) is 37.8 Å². The van der Waals surface area contributed by atoms with Crippen LogP contribution in [-0.2, 0) is 22.4 Å². The van der Waals surface area contributed by atoms with Crippen LogP contribution in [0.2, 0.25) is 5.02 Å². The van der Waals surface area contributed by atoms with E-state index in [0.29, 0.717) is 35.7 Å². The van der Waals surface area contributed by atoms with E-state index in [2.05, 4.69) is 10.3 Å². The second-order valence-electron chi connectivity index (χ2n) is 9.26. The van der Waals surface area contributed by atoms with E-state index in [9.17, 15) is 19.5 Å². The number of aromatic nitrogens is 1. The molecule has 0 fully saturated rings. The lowest BCUT2D eigenvalue weighted by Gasteiger charge is -2.29. The molecule has 4 aromatic rings. The zero-order valence-corrected chi connectivity index (χ0v) is 20.7. The number of aromatic amines is 1. The number of carbonyl (C=O) groups excluding carboxylic acids is 2. The summed E-state index contributed by atoms with van der Waals surface area (Å²) in [7, 11) is 0. The highest BCUT2D eigenvalue weighted by atomic mass is 35.5. The Morgan fingerprint density at radius 1 is 1.03 bits per heavy atom. The standard InChI is InChI=1S/C29H26ClN3O4/c30-21-11-13-23-20(14-21)16-25(31-23)28(36)32-24(12-10-18-6-2-1-3-7-18)29(37)33-22(17-27(34)35)15-19-8-4-5-9-26(19)33/h1-9,11,13-14,16,22,24,31H,10,12,15,17H2,(H,32,36)(H,34,35)/t22-,24?/m1/s1. The predicted octanol–water partition coefficient (Wildman–Crippen LogP) is 4.99. The molecule has 0 saturated carbocycles. The van der Waals surface area contributed by atoms with Crippen molar-refractivity contribution in [1.82, 2.24) is 10.3 Å². The number of nitrogens with zero attached hydrogens (tertiary/aromatic N) is 1. The lowest BCUT2D eigenvalue weighted by molar-refractivity contribution is -0.137. The topological polar surface area (TPSA) is 102 Å². The fourth-order valence-corrected chi connectivity index (χ4v) is 5.15. The molecule has 8 heteroatoms. The van der Waals surface area contributed by atoms with E-state index in [1.807, 2.05) is 54.6 Å². The van der Waals surface area contributed by atoms with Crippen LogP contribution >= 0.6 is 11.6 Å². The average molecular weight is 516 g/mol. The van der Waals surface area contributed by atoms with Crippen molar-refractivity contribution in [3.05, 3.63) is 101 Å². The summed E-state index contributed by atoms with van der Waals surface area (Å²) >= 11 is 6.09. The van der Waals surface area contributed by atoms with Crippen molar-refractivity contribution < 1.29 is 19.5 Å². The van der Waals surface area contributed by atoms with Gasteiger partial charge in [0.1, 0.15) is 11.7 Å². The molecule has 1 aliphatic heterocycles. The van der Waals surface area contributed by atoms with E-state index in [1.165, 1.54) is 0 Å². The van der Waals surface area contributed by atoms with Crippen LogP contribution < -0.4 is 10.2 Å². The largest absolute Gasteiger partial charge is 0.481 e. The van der Waals surface area contributed by atoms with Crippen LogP contribution in [-0.4, -0.2) is 40.0 Å². The van der Waals surface area contributed by atoms with E-state index >= 15 is 0 Å². The molecule has 1 aliphatic rings. The maximum absolute atomic E-state index is 14.0. The minimum Gasteiger partial charge on any atom is -0.481 e. The van der Waals surface area contributed by atoms with E-state index < -0.39 is 24.0 Å². The van der Waals surface area contributed by atoms with Crippen molar-refractivity contribution in [3.8, 4) is 0 Å². The number of anilines is 1. The third kappa shape index (κ3) is 5.37. The lowest BCUT2D eigenvalue weighted by Crippen LogP contribution is -2.51. The summed E-state index contributed by atoms with van der Waals surface area (Å²) in [5.41, 5.74) is 3.73. The molecular weight excluding hydrogens is 490 g/mol. The molecule has 188 valence electrons. The summed E-state index contributed by atoms with van der Waals surface area (Å²) in [6.45, 7) is 0. The number of hydrogen-bond donors (Lipinski definition) is 3. The van der Waals surface area contributed by atoms with Crippen LogP contribution in [0.4, 0.5) is 5.69 Å². The van der Waals surface area contributed by atoms with Gasteiger partial charge < -0.3 is 20.3 Å². The quantitative estimate of drug-likeness (QED) is 0.308. The van der Waals surface area contributed by atoms with Crippen LogP contribution in [0.5, 0.6) is 0 Å². The summed E-state index contributed by atoms with van der Waals surface area (Å²) in [5.74, 6) is -1.71. The van der Waals surface area contributed by atoms with Gasteiger partial charge in [0.15, 0.2) is 0 Å². The first-order chi connectivity index (χ1) is 17.9. The van der Waals surface area contributed by atoms with E-state index in [1.54, 1.807) is 29.2 Å². The number of aryl methyl sites for hydroxylation is 1. The molecule has 2 amide bonds. The van der Waals surface area contributed by atoms with Crippen LogP contribution in [0.15, 0.2) is 78.9 Å². The number of amides is 2. The van der Waals surface area contributed by atoms with Gasteiger partial charge in [-0.2, -0.15) is 0 Å². The Kier molecular flexibility index (Phi) is 6.97. The van der Waals surface area contributed by atoms with Gasteiger partial charge in [-0.05, 0) is 60.7 Å². The molecule has 1 aromatic heterocycles. The smallest absolute Gasteiger partial charge is 0.305 e. The predicted molar refractivity (Wildman–Crippen MR) is 143 cm³/mol. The lowest BCUT2D eigenvalue weighted by atomic mass is 10.0.